The van der Waals surface area contributed by atoms with Crippen LogP contribution in [0.4, 0.5) is 5.69 Å². The summed E-state index contributed by atoms with van der Waals surface area (Å²) in [5.74, 6) is 0. The van der Waals surface area contributed by atoms with Crippen LogP contribution in [0.15, 0.2) is 53.3 Å². The number of nitro groups is 1. The van der Waals surface area contributed by atoms with E-state index in [1.165, 1.54) is 12.1 Å². The van der Waals surface area contributed by atoms with Crippen molar-refractivity contribution in [2.75, 3.05) is 0 Å². The second-order valence-electron chi connectivity index (χ2n) is 3.96. The molecule has 0 radical (unpaired) electrons. The zero-order valence-corrected chi connectivity index (χ0v) is 11.4. The third-order valence-electron chi connectivity index (χ3n) is 2.77. The Bertz CT molecular complexity index is 821. The van der Waals surface area contributed by atoms with Gasteiger partial charge in [0.25, 0.3) is 0 Å². The predicted molar refractivity (Wildman–Crippen MR) is 73.1 cm³/mol. The zero-order chi connectivity index (χ0) is 13.4. The molecule has 0 saturated carbocycles. The van der Waals surface area contributed by atoms with Crippen LogP contribution in [0.2, 0.25) is 0 Å². The summed E-state index contributed by atoms with van der Waals surface area (Å²) in [6.45, 7) is 0. The number of non-ortho nitro benzene ring substituents is 1. The third-order valence-corrected chi connectivity index (χ3v) is 5.07. The summed E-state index contributed by atoms with van der Waals surface area (Å²) in [4.78, 5) is 22.6. The molecule has 3 rings (SSSR count). The van der Waals surface area contributed by atoms with Crippen molar-refractivity contribution in [2.24, 2.45) is 0 Å². The van der Waals surface area contributed by atoms with Gasteiger partial charge in [0.1, 0.15) is 0 Å². The van der Waals surface area contributed by atoms with Crippen LogP contribution < -0.4 is 5.56 Å². The number of fused-ring (bicyclic) bond motifs is 1. The number of rotatable bonds is 2. The van der Waals surface area contributed by atoms with Gasteiger partial charge in [-0.15, -0.1) is 0 Å². The van der Waals surface area contributed by atoms with E-state index < -0.39 is 4.92 Å². The molecular weight excluding hydrogens is 311 g/mol. The van der Waals surface area contributed by atoms with Gasteiger partial charge >= 0.3 is 113 Å². The number of aromatic nitrogens is 1. The molecule has 0 saturated heterocycles. The van der Waals surface area contributed by atoms with E-state index in [-0.39, 0.29) is 26.0 Å². The molecule has 0 unspecified atom stereocenters. The normalized spacial score (nSPS) is 10.7. The van der Waals surface area contributed by atoms with Gasteiger partial charge in [-0.05, 0) is 0 Å². The first-order chi connectivity index (χ1) is 9.16. The summed E-state index contributed by atoms with van der Waals surface area (Å²) in [7, 11) is 0. The molecule has 2 aromatic carbocycles. The summed E-state index contributed by atoms with van der Waals surface area (Å²) in [5.41, 5.74) is 0.769. The number of hydrogen-bond donors (Lipinski definition) is 0. The van der Waals surface area contributed by atoms with Crippen molar-refractivity contribution >= 4 is 30.1 Å². The first kappa shape index (κ1) is 11.9. The van der Waals surface area contributed by atoms with E-state index in [9.17, 15) is 14.9 Å². The maximum atomic E-state index is 12.3. The van der Waals surface area contributed by atoms with Crippen molar-refractivity contribution in [2.45, 2.75) is 0 Å². The summed E-state index contributed by atoms with van der Waals surface area (Å²) in [6.07, 6.45) is 0. The van der Waals surface area contributed by atoms with E-state index in [1.807, 2.05) is 30.3 Å². The average molecular weight is 319 g/mol. The molecule has 0 fully saturated rings. The standard InChI is InChI=1S/C13H8N2O3Se/c16-13-11-7-6-10(15(17)18)8-12(11)19-14(13)9-4-2-1-3-5-9/h1-8H. The Morgan fingerprint density at radius 3 is 2.53 bits per heavy atom. The molecule has 0 N–H and O–H groups in total. The summed E-state index contributed by atoms with van der Waals surface area (Å²) < 4.78 is 2.44. The number of para-hydroxylation sites is 1. The van der Waals surface area contributed by atoms with Crippen molar-refractivity contribution in [1.82, 2.24) is 3.56 Å². The minimum atomic E-state index is -0.438. The van der Waals surface area contributed by atoms with Gasteiger partial charge in [-0.25, -0.2) is 0 Å². The van der Waals surface area contributed by atoms with E-state index in [4.69, 9.17) is 0 Å². The quantitative estimate of drug-likeness (QED) is 0.412. The molecule has 1 heterocycles. The molecule has 0 aliphatic carbocycles. The van der Waals surface area contributed by atoms with Gasteiger partial charge < -0.3 is 0 Å². The Hall–Kier alpha value is -2.17. The van der Waals surface area contributed by atoms with Crippen LogP contribution in [-0.2, 0) is 0 Å². The Kier molecular flexibility index (Phi) is 2.81. The average Bonchev–Trinajstić information content (AvgIpc) is 2.76. The molecule has 0 aliphatic heterocycles. The van der Waals surface area contributed by atoms with Crippen molar-refractivity contribution in [3.63, 3.8) is 0 Å². The van der Waals surface area contributed by atoms with Crippen molar-refractivity contribution in [1.29, 1.82) is 0 Å². The Labute approximate surface area is 113 Å². The molecule has 0 spiro atoms. The Balaban J connectivity index is 2.26. The first-order valence-electron chi connectivity index (χ1n) is 5.53. The molecule has 0 atom stereocenters. The molecule has 6 heteroatoms. The number of benzene rings is 2. The van der Waals surface area contributed by atoms with E-state index >= 15 is 0 Å². The predicted octanol–water partition coefficient (Wildman–Crippen LogP) is 1.96. The van der Waals surface area contributed by atoms with Crippen LogP contribution in [0, 0.1) is 10.1 Å². The third kappa shape index (κ3) is 2.01. The van der Waals surface area contributed by atoms with Crippen molar-refractivity contribution in [3.05, 3.63) is 69.0 Å². The monoisotopic (exact) mass is 320 g/mol. The van der Waals surface area contributed by atoms with Gasteiger partial charge in [0.15, 0.2) is 0 Å². The molecule has 5 nitrogen and oxygen atoms in total. The van der Waals surface area contributed by atoms with Gasteiger partial charge in [-0.3, -0.25) is 0 Å². The molecule has 3 aromatic rings. The molecule has 94 valence electrons. The van der Waals surface area contributed by atoms with E-state index in [1.54, 1.807) is 9.63 Å². The van der Waals surface area contributed by atoms with Gasteiger partial charge in [0.2, 0.25) is 0 Å². The second-order valence-corrected chi connectivity index (χ2v) is 6.04. The van der Waals surface area contributed by atoms with E-state index in [0.29, 0.717) is 5.39 Å². The van der Waals surface area contributed by atoms with Crippen LogP contribution >= 0.6 is 0 Å². The number of nitrogens with zero attached hydrogens (tertiary/aromatic N) is 2. The van der Waals surface area contributed by atoms with Gasteiger partial charge in [-0.1, -0.05) is 0 Å². The van der Waals surface area contributed by atoms with Gasteiger partial charge in [0, 0.05) is 0 Å². The molecular formula is C13H8N2O3Se. The van der Waals surface area contributed by atoms with E-state index in [2.05, 4.69) is 0 Å². The van der Waals surface area contributed by atoms with Gasteiger partial charge in [0.05, 0.1) is 0 Å². The molecule has 1 aromatic heterocycles. The summed E-state index contributed by atoms with van der Waals surface area (Å²) >= 11 is -0.250. The fourth-order valence-corrected chi connectivity index (χ4v) is 4.03. The Morgan fingerprint density at radius 2 is 1.84 bits per heavy atom. The van der Waals surface area contributed by atoms with Crippen molar-refractivity contribution < 1.29 is 4.92 Å². The Morgan fingerprint density at radius 1 is 1.11 bits per heavy atom. The molecule has 0 bridgehead atoms. The van der Waals surface area contributed by atoms with Crippen LogP contribution in [-0.4, -0.2) is 23.2 Å². The zero-order valence-electron chi connectivity index (χ0n) is 9.65. The van der Waals surface area contributed by atoms with Crippen LogP contribution in [0.3, 0.4) is 0 Å². The summed E-state index contributed by atoms with van der Waals surface area (Å²) in [6, 6.07) is 13.8. The summed E-state index contributed by atoms with van der Waals surface area (Å²) in [5, 5.41) is 11.3. The van der Waals surface area contributed by atoms with Crippen LogP contribution in [0.1, 0.15) is 0 Å². The minimum absolute atomic E-state index is 0.0309. The molecule has 0 aliphatic rings. The fraction of sp³-hybridized carbons (Fsp3) is 0. The van der Waals surface area contributed by atoms with Crippen LogP contribution in [0.5, 0.6) is 0 Å². The van der Waals surface area contributed by atoms with Gasteiger partial charge in [-0.2, -0.15) is 0 Å². The number of hydrogen-bond acceptors (Lipinski definition) is 3. The molecule has 0 amide bonds. The first-order valence-corrected chi connectivity index (χ1v) is 7.15. The maximum absolute atomic E-state index is 12.3. The topological polar surface area (TPSA) is 65.1 Å². The fourth-order valence-electron chi connectivity index (χ4n) is 1.86. The van der Waals surface area contributed by atoms with Crippen LogP contribution in [0.25, 0.3) is 15.3 Å². The second kappa shape index (κ2) is 4.49. The molecule has 19 heavy (non-hydrogen) atoms. The van der Waals surface area contributed by atoms with Crippen molar-refractivity contribution in [3.8, 4) is 5.69 Å². The number of nitro benzene ring substituents is 1. The van der Waals surface area contributed by atoms with E-state index in [0.717, 1.165) is 9.95 Å². The SMILES string of the molecule is O=c1c2ccc([N+](=O)[O-])cc2[se]n1-c1ccccc1.